The lowest BCUT2D eigenvalue weighted by Gasteiger charge is -2.12. The number of nitrogens with two attached hydrogens (primary N) is 1. The number of benzene rings is 2. The topological polar surface area (TPSA) is 46.2 Å². The maximum absolute atomic E-state index is 13.4. The zero-order chi connectivity index (χ0) is 12.3. The van der Waals surface area contributed by atoms with Gasteiger partial charge in [0.15, 0.2) is 0 Å². The van der Waals surface area contributed by atoms with E-state index >= 15 is 0 Å². The van der Waals surface area contributed by atoms with Crippen LogP contribution in [-0.2, 0) is 6.42 Å². The number of rotatable bonds is 3. The van der Waals surface area contributed by atoms with Crippen LogP contribution in [0.2, 0.25) is 0 Å². The smallest absolute Gasteiger partial charge is 0.126 e. The molecule has 0 saturated heterocycles. The fourth-order valence-electron chi connectivity index (χ4n) is 1.76. The Morgan fingerprint density at radius 1 is 1.12 bits per heavy atom. The first kappa shape index (κ1) is 11.6. The Balaban J connectivity index is 2.17. The predicted molar refractivity (Wildman–Crippen MR) is 65.9 cm³/mol. The van der Waals surface area contributed by atoms with Crippen LogP contribution in [-0.4, -0.2) is 5.11 Å². The van der Waals surface area contributed by atoms with Gasteiger partial charge < -0.3 is 10.8 Å². The Labute approximate surface area is 99.5 Å². The summed E-state index contributed by atoms with van der Waals surface area (Å²) in [6, 6.07) is 13.4. The molecule has 2 nitrogen and oxygen atoms in total. The number of nitrogen functional groups attached to an aromatic ring is 1. The van der Waals surface area contributed by atoms with Gasteiger partial charge in [-0.05, 0) is 29.3 Å². The highest BCUT2D eigenvalue weighted by Gasteiger charge is 2.11. The lowest BCUT2D eigenvalue weighted by Crippen LogP contribution is -2.04. The quantitative estimate of drug-likeness (QED) is 0.798. The summed E-state index contributed by atoms with van der Waals surface area (Å²) in [6.07, 6.45) is -0.494. The first-order valence-electron chi connectivity index (χ1n) is 5.44. The molecule has 2 aromatic carbocycles. The molecule has 2 aromatic rings. The molecule has 1 unspecified atom stereocenters. The number of hydrogen-bond donors (Lipinski definition) is 2. The number of anilines is 1. The monoisotopic (exact) mass is 231 g/mol. The molecule has 0 fully saturated rings. The van der Waals surface area contributed by atoms with Gasteiger partial charge in [0.25, 0.3) is 0 Å². The third kappa shape index (κ3) is 2.82. The van der Waals surface area contributed by atoms with E-state index in [4.69, 9.17) is 5.73 Å². The Kier molecular flexibility index (Phi) is 3.40. The maximum Gasteiger partial charge on any atom is 0.126 e. The molecule has 3 heteroatoms. The van der Waals surface area contributed by atoms with Gasteiger partial charge in [-0.15, -0.1) is 0 Å². The minimum absolute atomic E-state index is 0.246. The molecule has 1 atom stereocenters. The van der Waals surface area contributed by atoms with E-state index in [1.165, 1.54) is 6.07 Å². The number of aliphatic hydroxyl groups excluding tert-OH is 1. The van der Waals surface area contributed by atoms with Crippen molar-refractivity contribution < 1.29 is 9.50 Å². The summed E-state index contributed by atoms with van der Waals surface area (Å²) in [5.74, 6) is -0.296. The lowest BCUT2D eigenvalue weighted by molar-refractivity contribution is 0.177. The molecule has 2 rings (SSSR count). The van der Waals surface area contributed by atoms with Crippen LogP contribution in [0.15, 0.2) is 48.5 Å². The molecular weight excluding hydrogens is 217 g/mol. The molecule has 0 aromatic heterocycles. The number of aliphatic hydroxyl groups is 1. The van der Waals surface area contributed by atoms with Gasteiger partial charge in [0, 0.05) is 12.1 Å². The van der Waals surface area contributed by atoms with Crippen molar-refractivity contribution in [3.8, 4) is 0 Å². The molecule has 3 N–H and O–H groups in total. The third-order valence-corrected chi connectivity index (χ3v) is 2.67. The normalized spacial score (nSPS) is 12.4. The fraction of sp³-hybridized carbons (Fsp3) is 0.143. The molecule has 0 aliphatic heterocycles. The minimum atomic E-state index is -0.740. The molecule has 88 valence electrons. The van der Waals surface area contributed by atoms with Crippen LogP contribution < -0.4 is 5.73 Å². The van der Waals surface area contributed by atoms with Crippen molar-refractivity contribution in [2.45, 2.75) is 12.5 Å². The van der Waals surface area contributed by atoms with Crippen molar-refractivity contribution in [3.05, 3.63) is 65.5 Å². The average molecular weight is 231 g/mol. The van der Waals surface area contributed by atoms with E-state index in [9.17, 15) is 9.50 Å². The van der Waals surface area contributed by atoms with Crippen molar-refractivity contribution in [2.75, 3.05) is 5.73 Å². The zero-order valence-corrected chi connectivity index (χ0v) is 9.31. The highest BCUT2D eigenvalue weighted by Crippen LogP contribution is 2.21. The Morgan fingerprint density at radius 2 is 1.88 bits per heavy atom. The van der Waals surface area contributed by atoms with E-state index in [1.807, 2.05) is 0 Å². The first-order valence-corrected chi connectivity index (χ1v) is 5.44. The van der Waals surface area contributed by atoms with E-state index in [0.717, 1.165) is 0 Å². The second kappa shape index (κ2) is 4.97. The molecular formula is C14H14FNO. The van der Waals surface area contributed by atoms with Crippen molar-refractivity contribution in [1.29, 1.82) is 0 Å². The van der Waals surface area contributed by atoms with E-state index in [0.29, 0.717) is 16.8 Å². The van der Waals surface area contributed by atoms with E-state index in [2.05, 4.69) is 0 Å². The summed E-state index contributed by atoms with van der Waals surface area (Å²) in [5.41, 5.74) is 7.43. The van der Waals surface area contributed by atoms with Crippen LogP contribution in [0.25, 0.3) is 0 Å². The molecule has 0 aliphatic carbocycles. The summed E-state index contributed by atoms with van der Waals surface area (Å²) >= 11 is 0. The molecule has 0 bridgehead atoms. The molecule has 17 heavy (non-hydrogen) atoms. The Morgan fingerprint density at radius 3 is 2.59 bits per heavy atom. The van der Waals surface area contributed by atoms with E-state index in [1.54, 1.807) is 42.5 Å². The van der Waals surface area contributed by atoms with Crippen molar-refractivity contribution >= 4 is 5.69 Å². The third-order valence-electron chi connectivity index (χ3n) is 2.67. The highest BCUT2D eigenvalue weighted by atomic mass is 19.1. The standard InChI is InChI=1S/C14H14FNO/c15-13-7-2-1-4-10(13)9-14(17)11-5-3-6-12(16)8-11/h1-8,14,17H,9,16H2. The molecule has 0 amide bonds. The predicted octanol–water partition coefficient (Wildman–Crippen LogP) is 2.68. The van der Waals surface area contributed by atoms with Crippen LogP contribution in [0.4, 0.5) is 10.1 Å². The largest absolute Gasteiger partial charge is 0.399 e. The van der Waals surface area contributed by atoms with Crippen molar-refractivity contribution in [1.82, 2.24) is 0 Å². The van der Waals surface area contributed by atoms with Crippen LogP contribution in [0, 0.1) is 5.82 Å². The molecule has 0 heterocycles. The van der Waals surface area contributed by atoms with Crippen LogP contribution in [0.5, 0.6) is 0 Å². The van der Waals surface area contributed by atoms with Gasteiger partial charge in [0.2, 0.25) is 0 Å². The summed E-state index contributed by atoms with van der Waals surface area (Å²) in [4.78, 5) is 0. The van der Waals surface area contributed by atoms with E-state index < -0.39 is 6.10 Å². The van der Waals surface area contributed by atoms with Crippen LogP contribution in [0.3, 0.4) is 0 Å². The molecule has 0 spiro atoms. The summed E-state index contributed by atoms with van der Waals surface area (Å²) < 4.78 is 13.4. The van der Waals surface area contributed by atoms with Gasteiger partial charge in [-0.25, -0.2) is 4.39 Å². The second-order valence-electron chi connectivity index (χ2n) is 3.98. The minimum Gasteiger partial charge on any atom is -0.399 e. The molecule has 0 saturated carbocycles. The van der Waals surface area contributed by atoms with E-state index in [-0.39, 0.29) is 12.2 Å². The zero-order valence-electron chi connectivity index (χ0n) is 9.31. The van der Waals surface area contributed by atoms with Crippen LogP contribution >= 0.6 is 0 Å². The van der Waals surface area contributed by atoms with Crippen molar-refractivity contribution in [2.24, 2.45) is 0 Å². The summed E-state index contributed by atoms with van der Waals surface area (Å²) in [6.45, 7) is 0. The number of halogens is 1. The lowest BCUT2D eigenvalue weighted by atomic mass is 10.0. The molecule has 0 radical (unpaired) electrons. The summed E-state index contributed by atoms with van der Waals surface area (Å²) in [5, 5.41) is 10.0. The summed E-state index contributed by atoms with van der Waals surface area (Å²) in [7, 11) is 0. The fourth-order valence-corrected chi connectivity index (χ4v) is 1.76. The van der Waals surface area contributed by atoms with Gasteiger partial charge in [0.1, 0.15) is 5.82 Å². The second-order valence-corrected chi connectivity index (χ2v) is 3.98. The van der Waals surface area contributed by atoms with Crippen molar-refractivity contribution in [3.63, 3.8) is 0 Å². The van der Waals surface area contributed by atoms with Gasteiger partial charge in [0.05, 0.1) is 6.10 Å². The van der Waals surface area contributed by atoms with Gasteiger partial charge in [-0.1, -0.05) is 30.3 Å². The first-order chi connectivity index (χ1) is 8.16. The van der Waals surface area contributed by atoms with Gasteiger partial charge >= 0.3 is 0 Å². The Hall–Kier alpha value is -1.87. The van der Waals surface area contributed by atoms with Gasteiger partial charge in [-0.2, -0.15) is 0 Å². The van der Waals surface area contributed by atoms with Crippen LogP contribution in [0.1, 0.15) is 17.2 Å². The maximum atomic E-state index is 13.4. The Bertz CT molecular complexity index is 513. The van der Waals surface area contributed by atoms with Gasteiger partial charge in [-0.3, -0.25) is 0 Å². The number of hydrogen-bond acceptors (Lipinski definition) is 2. The highest BCUT2D eigenvalue weighted by molar-refractivity contribution is 5.41. The SMILES string of the molecule is Nc1cccc(C(O)Cc2ccccc2F)c1. The average Bonchev–Trinajstić information content (AvgIpc) is 2.32. The molecule has 0 aliphatic rings.